The maximum Gasteiger partial charge on any atom is 0.133 e. The molecule has 1 unspecified atom stereocenters. The molecule has 1 aliphatic rings. The summed E-state index contributed by atoms with van der Waals surface area (Å²) >= 11 is 5.92. The Labute approximate surface area is 89.1 Å². The largest absolute Gasteiger partial charge is 0.300 e. The van der Waals surface area contributed by atoms with Crippen molar-refractivity contribution in [1.82, 2.24) is 0 Å². The Bertz CT molecular complexity index is 371. The fraction of sp³-hybridized carbons (Fsp3) is 0.417. The molecule has 2 rings (SSSR count). The molecule has 0 saturated heterocycles. The molecule has 1 atom stereocenters. The van der Waals surface area contributed by atoms with E-state index < -0.39 is 0 Å². The SMILES string of the molecule is CC(=O)C1CCc2ccc(Cl)cc2C1. The molecule has 0 aromatic heterocycles. The Morgan fingerprint density at radius 3 is 2.93 bits per heavy atom. The average Bonchev–Trinajstić information content (AvgIpc) is 2.16. The van der Waals surface area contributed by atoms with E-state index in [4.69, 9.17) is 11.6 Å². The molecule has 0 amide bonds. The van der Waals surface area contributed by atoms with E-state index in [0.29, 0.717) is 5.78 Å². The van der Waals surface area contributed by atoms with Gasteiger partial charge < -0.3 is 0 Å². The van der Waals surface area contributed by atoms with Crippen LogP contribution >= 0.6 is 11.6 Å². The number of hydrogen-bond donors (Lipinski definition) is 0. The van der Waals surface area contributed by atoms with Gasteiger partial charge in [0.1, 0.15) is 5.78 Å². The summed E-state index contributed by atoms with van der Waals surface area (Å²) in [6.07, 6.45) is 2.87. The summed E-state index contributed by atoms with van der Waals surface area (Å²) in [5.41, 5.74) is 2.61. The first kappa shape index (κ1) is 9.72. The third-order valence-electron chi connectivity index (χ3n) is 2.97. The normalized spacial score (nSPS) is 20.3. The molecule has 0 bridgehead atoms. The highest BCUT2D eigenvalue weighted by Crippen LogP contribution is 2.28. The molecule has 0 fully saturated rings. The van der Waals surface area contributed by atoms with Crippen molar-refractivity contribution >= 4 is 17.4 Å². The van der Waals surface area contributed by atoms with Gasteiger partial charge in [0.25, 0.3) is 0 Å². The second-order valence-corrected chi connectivity index (χ2v) is 4.40. The zero-order chi connectivity index (χ0) is 10.1. The van der Waals surface area contributed by atoms with Gasteiger partial charge in [0.05, 0.1) is 0 Å². The minimum Gasteiger partial charge on any atom is -0.300 e. The van der Waals surface area contributed by atoms with Gasteiger partial charge in [-0.25, -0.2) is 0 Å². The Hall–Kier alpha value is -0.820. The Kier molecular flexibility index (Phi) is 2.60. The molecule has 0 saturated carbocycles. The van der Waals surface area contributed by atoms with Gasteiger partial charge in [0.2, 0.25) is 0 Å². The van der Waals surface area contributed by atoms with Crippen molar-refractivity contribution in [1.29, 1.82) is 0 Å². The van der Waals surface area contributed by atoms with Crippen LogP contribution in [0.3, 0.4) is 0 Å². The molecule has 0 N–H and O–H groups in total. The molecule has 1 aliphatic carbocycles. The van der Waals surface area contributed by atoms with E-state index in [-0.39, 0.29) is 5.92 Å². The number of carbonyl (C=O) groups is 1. The van der Waals surface area contributed by atoms with Crippen molar-refractivity contribution in [2.24, 2.45) is 5.92 Å². The molecule has 74 valence electrons. The number of ketones is 1. The van der Waals surface area contributed by atoms with Crippen LogP contribution < -0.4 is 0 Å². The van der Waals surface area contributed by atoms with E-state index in [9.17, 15) is 4.79 Å². The van der Waals surface area contributed by atoms with Crippen molar-refractivity contribution in [2.45, 2.75) is 26.2 Å². The molecule has 2 heteroatoms. The van der Waals surface area contributed by atoms with Gasteiger partial charge in [-0.3, -0.25) is 4.79 Å². The third-order valence-corrected chi connectivity index (χ3v) is 3.21. The smallest absolute Gasteiger partial charge is 0.133 e. The summed E-state index contributed by atoms with van der Waals surface area (Å²) in [5, 5.41) is 0.771. The minimum absolute atomic E-state index is 0.209. The van der Waals surface area contributed by atoms with Crippen LogP contribution in [0, 0.1) is 5.92 Å². The van der Waals surface area contributed by atoms with Crippen LogP contribution in [0.4, 0.5) is 0 Å². The fourth-order valence-corrected chi connectivity index (χ4v) is 2.27. The van der Waals surface area contributed by atoms with Gasteiger partial charge in [0, 0.05) is 10.9 Å². The van der Waals surface area contributed by atoms with E-state index in [0.717, 1.165) is 24.3 Å². The number of hydrogen-bond acceptors (Lipinski definition) is 1. The quantitative estimate of drug-likeness (QED) is 0.694. The molecule has 1 nitrogen and oxygen atoms in total. The van der Waals surface area contributed by atoms with Gasteiger partial charge >= 0.3 is 0 Å². The van der Waals surface area contributed by atoms with Crippen molar-refractivity contribution in [3.05, 3.63) is 34.3 Å². The minimum atomic E-state index is 0.209. The lowest BCUT2D eigenvalue weighted by molar-refractivity contribution is -0.121. The van der Waals surface area contributed by atoms with E-state index >= 15 is 0 Å². The summed E-state index contributed by atoms with van der Waals surface area (Å²) in [6, 6.07) is 5.99. The maximum atomic E-state index is 11.3. The molecule has 1 aromatic carbocycles. The number of carbonyl (C=O) groups excluding carboxylic acids is 1. The number of fused-ring (bicyclic) bond motifs is 1. The fourth-order valence-electron chi connectivity index (χ4n) is 2.07. The predicted molar refractivity (Wildman–Crippen MR) is 57.6 cm³/mol. The van der Waals surface area contributed by atoms with Crippen LogP contribution in [0.5, 0.6) is 0 Å². The molecular formula is C12H13ClO. The zero-order valence-corrected chi connectivity index (χ0v) is 8.97. The standard InChI is InChI=1S/C12H13ClO/c1-8(14)10-3-2-9-4-5-12(13)7-11(9)6-10/h4-5,7,10H,2-3,6H2,1H3. The summed E-state index contributed by atoms with van der Waals surface area (Å²) in [6.45, 7) is 1.68. The first-order chi connectivity index (χ1) is 6.66. The number of aryl methyl sites for hydroxylation is 1. The summed E-state index contributed by atoms with van der Waals surface area (Å²) < 4.78 is 0. The van der Waals surface area contributed by atoms with Crippen molar-refractivity contribution in [2.75, 3.05) is 0 Å². The number of benzene rings is 1. The highest BCUT2D eigenvalue weighted by molar-refractivity contribution is 6.30. The number of Topliss-reactive ketones (excluding diaryl/α,β-unsaturated/α-hetero) is 1. The molecule has 14 heavy (non-hydrogen) atoms. The first-order valence-electron chi connectivity index (χ1n) is 4.94. The third kappa shape index (κ3) is 1.83. The molecule has 0 aliphatic heterocycles. The molecule has 1 aromatic rings. The lowest BCUT2D eigenvalue weighted by atomic mass is 9.82. The topological polar surface area (TPSA) is 17.1 Å². The lowest BCUT2D eigenvalue weighted by Gasteiger charge is -2.22. The van der Waals surface area contributed by atoms with Gasteiger partial charge in [-0.1, -0.05) is 17.7 Å². The molecule has 0 heterocycles. The van der Waals surface area contributed by atoms with E-state index in [1.807, 2.05) is 12.1 Å². The van der Waals surface area contributed by atoms with Crippen LogP contribution in [0.25, 0.3) is 0 Å². The number of rotatable bonds is 1. The predicted octanol–water partition coefficient (Wildman–Crippen LogP) is 3.03. The van der Waals surface area contributed by atoms with Crippen LogP contribution in [-0.4, -0.2) is 5.78 Å². The Morgan fingerprint density at radius 2 is 2.21 bits per heavy atom. The van der Waals surface area contributed by atoms with E-state index in [1.54, 1.807) is 6.92 Å². The molecule has 0 spiro atoms. The van der Waals surface area contributed by atoms with Crippen molar-refractivity contribution in [3.63, 3.8) is 0 Å². The monoisotopic (exact) mass is 208 g/mol. The second-order valence-electron chi connectivity index (χ2n) is 3.96. The van der Waals surface area contributed by atoms with Crippen LogP contribution in [0.1, 0.15) is 24.5 Å². The number of halogens is 1. The maximum absolute atomic E-state index is 11.3. The van der Waals surface area contributed by atoms with Crippen LogP contribution in [0.15, 0.2) is 18.2 Å². The molecular weight excluding hydrogens is 196 g/mol. The highest BCUT2D eigenvalue weighted by Gasteiger charge is 2.21. The van der Waals surface area contributed by atoms with Gasteiger partial charge in [-0.2, -0.15) is 0 Å². The van der Waals surface area contributed by atoms with Crippen molar-refractivity contribution < 1.29 is 4.79 Å². The van der Waals surface area contributed by atoms with E-state index in [1.165, 1.54) is 11.1 Å². The average molecular weight is 209 g/mol. The van der Waals surface area contributed by atoms with E-state index in [2.05, 4.69) is 6.07 Å². The van der Waals surface area contributed by atoms with Crippen LogP contribution in [-0.2, 0) is 17.6 Å². The first-order valence-corrected chi connectivity index (χ1v) is 5.32. The van der Waals surface area contributed by atoms with Gasteiger partial charge in [-0.15, -0.1) is 0 Å². The Balaban J connectivity index is 2.29. The Morgan fingerprint density at radius 1 is 1.43 bits per heavy atom. The van der Waals surface area contributed by atoms with Gasteiger partial charge in [-0.05, 0) is 49.4 Å². The molecule has 0 radical (unpaired) electrons. The summed E-state index contributed by atoms with van der Waals surface area (Å²) in [4.78, 5) is 11.3. The highest BCUT2D eigenvalue weighted by atomic mass is 35.5. The van der Waals surface area contributed by atoms with Crippen LogP contribution in [0.2, 0.25) is 5.02 Å². The van der Waals surface area contributed by atoms with Crippen molar-refractivity contribution in [3.8, 4) is 0 Å². The van der Waals surface area contributed by atoms with Gasteiger partial charge in [0.15, 0.2) is 0 Å². The second kappa shape index (κ2) is 3.74. The summed E-state index contributed by atoms with van der Waals surface area (Å²) in [5.74, 6) is 0.511. The zero-order valence-electron chi connectivity index (χ0n) is 8.22. The lowest BCUT2D eigenvalue weighted by Crippen LogP contribution is -2.20. The summed E-state index contributed by atoms with van der Waals surface area (Å²) in [7, 11) is 0.